The van der Waals surface area contributed by atoms with Crippen LogP contribution in [-0.2, 0) is 14.9 Å². The zero-order valence-corrected chi connectivity index (χ0v) is 15.2. The van der Waals surface area contributed by atoms with Crippen LogP contribution < -0.4 is 0 Å². The van der Waals surface area contributed by atoms with Crippen molar-refractivity contribution in [3.8, 4) is 0 Å². The van der Waals surface area contributed by atoms with Crippen molar-refractivity contribution in [1.29, 1.82) is 0 Å². The van der Waals surface area contributed by atoms with E-state index in [0.29, 0.717) is 11.3 Å². The molecular formula is C21H31NO2. The van der Waals surface area contributed by atoms with Crippen LogP contribution in [0.1, 0.15) is 57.9 Å². The van der Waals surface area contributed by atoms with Gasteiger partial charge in [0, 0.05) is 26.3 Å². The number of ether oxygens (including phenoxy) is 1. The third-order valence-electron chi connectivity index (χ3n) is 6.61. The lowest BCUT2D eigenvalue weighted by atomic mass is 9.70. The highest BCUT2D eigenvalue weighted by atomic mass is 16.5. The molecule has 0 atom stereocenters. The van der Waals surface area contributed by atoms with Crippen LogP contribution >= 0.6 is 0 Å². The first-order chi connectivity index (χ1) is 11.7. The van der Waals surface area contributed by atoms with E-state index in [-0.39, 0.29) is 5.41 Å². The summed E-state index contributed by atoms with van der Waals surface area (Å²) < 4.78 is 5.54. The maximum absolute atomic E-state index is 13.5. The quantitative estimate of drug-likeness (QED) is 0.830. The molecule has 3 rings (SSSR count). The van der Waals surface area contributed by atoms with Gasteiger partial charge in [0.05, 0.1) is 5.41 Å². The number of hydrogen-bond donors (Lipinski definition) is 0. The van der Waals surface area contributed by atoms with E-state index in [4.69, 9.17) is 4.74 Å². The van der Waals surface area contributed by atoms with Gasteiger partial charge in [0.25, 0.3) is 0 Å². The molecule has 1 amide bonds. The van der Waals surface area contributed by atoms with Crippen LogP contribution in [0.3, 0.4) is 0 Å². The Bertz CT molecular complexity index is 534. The summed E-state index contributed by atoms with van der Waals surface area (Å²) in [6.45, 7) is 7.91. The maximum Gasteiger partial charge on any atom is 0.233 e. The molecule has 132 valence electrons. The number of carbonyl (C=O) groups is 1. The molecule has 0 radical (unpaired) electrons. The fourth-order valence-electron chi connectivity index (χ4n) is 4.63. The molecule has 2 aliphatic heterocycles. The molecule has 0 unspecified atom stereocenters. The van der Waals surface area contributed by atoms with Crippen molar-refractivity contribution in [2.45, 2.75) is 57.8 Å². The third-order valence-corrected chi connectivity index (χ3v) is 6.61. The van der Waals surface area contributed by atoms with Gasteiger partial charge in [0.15, 0.2) is 0 Å². The minimum atomic E-state index is -0.360. The molecule has 2 heterocycles. The first-order valence-electron chi connectivity index (χ1n) is 9.58. The molecule has 1 aromatic carbocycles. The number of hydrogen-bond acceptors (Lipinski definition) is 2. The molecule has 2 fully saturated rings. The Labute approximate surface area is 146 Å². The van der Waals surface area contributed by atoms with E-state index in [1.165, 1.54) is 18.4 Å². The van der Waals surface area contributed by atoms with E-state index in [9.17, 15) is 4.79 Å². The van der Waals surface area contributed by atoms with Gasteiger partial charge in [-0.2, -0.15) is 0 Å². The van der Waals surface area contributed by atoms with Crippen molar-refractivity contribution < 1.29 is 9.53 Å². The second-order valence-electron chi connectivity index (χ2n) is 7.56. The molecule has 3 nitrogen and oxygen atoms in total. The third kappa shape index (κ3) is 3.11. The lowest BCUT2D eigenvalue weighted by Gasteiger charge is -2.46. The van der Waals surface area contributed by atoms with E-state index >= 15 is 0 Å². The Balaban J connectivity index is 1.75. The van der Waals surface area contributed by atoms with Crippen molar-refractivity contribution in [2.75, 3.05) is 26.3 Å². The van der Waals surface area contributed by atoms with Crippen molar-refractivity contribution in [3.63, 3.8) is 0 Å². The van der Waals surface area contributed by atoms with Crippen LogP contribution in [0.2, 0.25) is 0 Å². The van der Waals surface area contributed by atoms with E-state index in [1.807, 2.05) is 6.07 Å². The minimum Gasteiger partial charge on any atom is -0.381 e. The van der Waals surface area contributed by atoms with Crippen LogP contribution in [-0.4, -0.2) is 37.1 Å². The van der Waals surface area contributed by atoms with Crippen LogP contribution in [0.5, 0.6) is 0 Å². The number of nitrogens with zero attached hydrogens (tertiary/aromatic N) is 1. The Morgan fingerprint density at radius 2 is 1.62 bits per heavy atom. The van der Waals surface area contributed by atoms with Gasteiger partial charge in [-0.15, -0.1) is 0 Å². The zero-order valence-electron chi connectivity index (χ0n) is 15.2. The summed E-state index contributed by atoms with van der Waals surface area (Å²) in [7, 11) is 0. The van der Waals surface area contributed by atoms with Crippen molar-refractivity contribution in [1.82, 2.24) is 4.90 Å². The van der Waals surface area contributed by atoms with Crippen LogP contribution in [0.25, 0.3) is 0 Å². The fourth-order valence-corrected chi connectivity index (χ4v) is 4.63. The molecule has 0 aromatic heterocycles. The molecular weight excluding hydrogens is 298 g/mol. The lowest BCUT2D eigenvalue weighted by molar-refractivity contribution is -0.141. The number of amides is 1. The predicted molar refractivity (Wildman–Crippen MR) is 97.0 cm³/mol. The molecule has 0 bridgehead atoms. The second kappa shape index (κ2) is 7.26. The van der Waals surface area contributed by atoms with Gasteiger partial charge < -0.3 is 9.64 Å². The second-order valence-corrected chi connectivity index (χ2v) is 7.56. The smallest absolute Gasteiger partial charge is 0.233 e. The van der Waals surface area contributed by atoms with E-state index in [0.717, 1.165) is 52.0 Å². The first kappa shape index (κ1) is 17.5. The molecule has 0 saturated carbocycles. The SMILES string of the molecule is CCC(CC)(C(=O)N1CCC2(CCOCC2)CC1)c1ccccc1. The van der Waals surface area contributed by atoms with E-state index < -0.39 is 0 Å². The summed E-state index contributed by atoms with van der Waals surface area (Å²) in [6.07, 6.45) is 6.34. The molecule has 0 aliphatic carbocycles. The van der Waals surface area contributed by atoms with Gasteiger partial charge in [-0.3, -0.25) is 4.79 Å². The fraction of sp³-hybridized carbons (Fsp3) is 0.667. The highest BCUT2D eigenvalue weighted by Crippen LogP contribution is 2.42. The Morgan fingerprint density at radius 3 is 2.17 bits per heavy atom. The number of rotatable bonds is 4. The predicted octanol–water partition coefficient (Wildman–Crippen LogP) is 4.16. The summed E-state index contributed by atoms with van der Waals surface area (Å²) in [4.78, 5) is 15.6. The van der Waals surface area contributed by atoms with Gasteiger partial charge in [-0.25, -0.2) is 0 Å². The summed E-state index contributed by atoms with van der Waals surface area (Å²) in [6, 6.07) is 10.4. The van der Waals surface area contributed by atoms with Crippen LogP contribution in [0.4, 0.5) is 0 Å². The van der Waals surface area contributed by atoms with E-state index in [2.05, 4.69) is 43.0 Å². The topological polar surface area (TPSA) is 29.5 Å². The normalized spacial score (nSPS) is 21.0. The standard InChI is InChI=1S/C21H31NO2/c1-3-21(4-2,18-8-6-5-7-9-18)19(23)22-14-10-20(11-15-22)12-16-24-17-13-20/h5-9H,3-4,10-17H2,1-2H3. The molecule has 2 saturated heterocycles. The van der Waals surface area contributed by atoms with Crippen LogP contribution in [0.15, 0.2) is 30.3 Å². The summed E-state index contributed by atoms with van der Waals surface area (Å²) in [5, 5.41) is 0. The lowest BCUT2D eigenvalue weighted by Crippen LogP contribution is -2.51. The Hall–Kier alpha value is -1.35. The molecule has 3 heteroatoms. The van der Waals surface area contributed by atoms with Crippen LogP contribution in [0, 0.1) is 5.41 Å². The van der Waals surface area contributed by atoms with Gasteiger partial charge in [-0.1, -0.05) is 44.2 Å². The van der Waals surface area contributed by atoms with Gasteiger partial charge in [0.2, 0.25) is 5.91 Å². The average molecular weight is 329 g/mol. The Kier molecular flexibility index (Phi) is 5.29. The molecule has 2 aliphatic rings. The van der Waals surface area contributed by atoms with Crippen molar-refractivity contribution >= 4 is 5.91 Å². The molecule has 0 N–H and O–H groups in total. The van der Waals surface area contributed by atoms with E-state index in [1.54, 1.807) is 0 Å². The minimum absolute atomic E-state index is 0.334. The summed E-state index contributed by atoms with van der Waals surface area (Å²) >= 11 is 0. The zero-order chi connectivity index (χ0) is 17.0. The molecule has 1 spiro atoms. The molecule has 24 heavy (non-hydrogen) atoms. The van der Waals surface area contributed by atoms with Gasteiger partial charge in [-0.05, 0) is 49.5 Å². The number of benzene rings is 1. The first-order valence-corrected chi connectivity index (χ1v) is 9.58. The highest BCUT2D eigenvalue weighted by Gasteiger charge is 2.43. The largest absolute Gasteiger partial charge is 0.381 e. The van der Waals surface area contributed by atoms with Gasteiger partial charge >= 0.3 is 0 Å². The number of likely N-dealkylation sites (tertiary alicyclic amines) is 1. The average Bonchev–Trinajstić information content (AvgIpc) is 2.65. The van der Waals surface area contributed by atoms with Gasteiger partial charge in [0.1, 0.15) is 0 Å². The van der Waals surface area contributed by atoms with Crippen molar-refractivity contribution in [3.05, 3.63) is 35.9 Å². The molecule has 1 aromatic rings. The number of piperidine rings is 1. The van der Waals surface area contributed by atoms with Crippen molar-refractivity contribution in [2.24, 2.45) is 5.41 Å². The highest BCUT2D eigenvalue weighted by molar-refractivity contribution is 5.88. The summed E-state index contributed by atoms with van der Waals surface area (Å²) in [5.74, 6) is 0.334. The summed E-state index contributed by atoms with van der Waals surface area (Å²) in [5.41, 5.74) is 1.25. The Morgan fingerprint density at radius 1 is 1.04 bits per heavy atom. The maximum atomic E-state index is 13.5. The monoisotopic (exact) mass is 329 g/mol. The number of carbonyl (C=O) groups excluding carboxylic acids is 1.